The van der Waals surface area contributed by atoms with Crippen LogP contribution in [0, 0.1) is 5.82 Å². The molecule has 4 rings (SSSR count). The fourth-order valence-corrected chi connectivity index (χ4v) is 4.04. The number of imidazole rings is 1. The molecule has 0 unspecified atom stereocenters. The van der Waals surface area contributed by atoms with Gasteiger partial charge in [0.15, 0.2) is 5.16 Å². The Bertz CT molecular complexity index is 1320. The summed E-state index contributed by atoms with van der Waals surface area (Å²) in [4.78, 5) is 24.6. The van der Waals surface area contributed by atoms with E-state index in [0.717, 1.165) is 16.8 Å². The molecular formula is C24H17Cl2FN4OS. The number of halogens is 3. The van der Waals surface area contributed by atoms with Crippen LogP contribution in [0.15, 0.2) is 72.0 Å². The van der Waals surface area contributed by atoms with E-state index < -0.39 is 0 Å². The van der Waals surface area contributed by atoms with Gasteiger partial charge in [-0.25, -0.2) is 14.4 Å². The van der Waals surface area contributed by atoms with E-state index in [4.69, 9.17) is 23.2 Å². The van der Waals surface area contributed by atoms with E-state index >= 15 is 0 Å². The number of pyridine rings is 1. The molecule has 2 aromatic carbocycles. The number of thioether (sulfide) groups is 1. The van der Waals surface area contributed by atoms with E-state index in [9.17, 15) is 9.18 Å². The number of hydrogen-bond donors (Lipinski definition) is 2. The van der Waals surface area contributed by atoms with Crippen molar-refractivity contribution in [3.05, 3.63) is 88.3 Å². The van der Waals surface area contributed by atoms with Gasteiger partial charge in [0, 0.05) is 39.0 Å². The first-order valence-electron chi connectivity index (χ1n) is 9.74. The number of hydrogen-bond acceptors (Lipinski definition) is 4. The van der Waals surface area contributed by atoms with E-state index in [2.05, 4.69) is 20.3 Å². The average Bonchev–Trinajstić information content (AvgIpc) is 3.24. The van der Waals surface area contributed by atoms with E-state index in [1.807, 2.05) is 6.26 Å². The molecule has 0 aliphatic heterocycles. The molecule has 5 nitrogen and oxygen atoms in total. The molecule has 1 amide bonds. The van der Waals surface area contributed by atoms with Crippen molar-refractivity contribution in [3.63, 3.8) is 0 Å². The summed E-state index contributed by atoms with van der Waals surface area (Å²) in [7, 11) is 0. The van der Waals surface area contributed by atoms with Gasteiger partial charge in [-0.05, 0) is 60.9 Å². The number of benzene rings is 2. The van der Waals surface area contributed by atoms with E-state index in [1.165, 1.54) is 30.0 Å². The van der Waals surface area contributed by atoms with Crippen molar-refractivity contribution in [1.82, 2.24) is 15.0 Å². The van der Waals surface area contributed by atoms with Crippen molar-refractivity contribution in [2.24, 2.45) is 0 Å². The van der Waals surface area contributed by atoms with Crippen LogP contribution in [0.4, 0.5) is 10.2 Å². The van der Waals surface area contributed by atoms with Crippen LogP contribution < -0.4 is 5.32 Å². The van der Waals surface area contributed by atoms with Crippen LogP contribution in [0.1, 0.15) is 5.56 Å². The molecule has 0 atom stereocenters. The van der Waals surface area contributed by atoms with Crippen LogP contribution in [-0.2, 0) is 4.79 Å². The number of rotatable bonds is 6. The Morgan fingerprint density at radius 1 is 1.09 bits per heavy atom. The number of nitrogens with zero attached hydrogens (tertiary/aromatic N) is 2. The predicted octanol–water partition coefficient (Wildman–Crippen LogP) is 6.96. The lowest BCUT2D eigenvalue weighted by Crippen LogP contribution is -2.09. The van der Waals surface area contributed by atoms with Crippen LogP contribution in [0.5, 0.6) is 0 Å². The molecule has 0 saturated heterocycles. The van der Waals surface area contributed by atoms with E-state index in [1.54, 1.807) is 54.7 Å². The van der Waals surface area contributed by atoms with Gasteiger partial charge in [0.1, 0.15) is 11.6 Å². The van der Waals surface area contributed by atoms with Gasteiger partial charge < -0.3 is 10.3 Å². The summed E-state index contributed by atoms with van der Waals surface area (Å²) >= 11 is 13.7. The summed E-state index contributed by atoms with van der Waals surface area (Å²) in [5.41, 5.74) is 3.51. The summed E-state index contributed by atoms with van der Waals surface area (Å²) in [5, 5.41) is 4.34. The third kappa shape index (κ3) is 5.45. The summed E-state index contributed by atoms with van der Waals surface area (Å²) in [5.74, 6) is -0.350. The molecule has 0 saturated carbocycles. The number of amides is 1. The standard InChI is InChI=1S/C24H17Cl2FN4OS/c1-33-24-30-22(14-5-7-16(27)8-6-14)23(31-24)15-11-12-28-20(13-15)29-21(32)10-9-17-18(25)3-2-4-19(17)26/h2-13H,1H3,(H,30,31)(H,28,29,32)/b10-9+. The van der Waals surface area contributed by atoms with Crippen molar-refractivity contribution >= 4 is 52.8 Å². The van der Waals surface area contributed by atoms with Gasteiger partial charge in [0.25, 0.3) is 0 Å². The zero-order valence-electron chi connectivity index (χ0n) is 17.3. The summed E-state index contributed by atoms with van der Waals surface area (Å²) in [6, 6.07) is 14.8. The van der Waals surface area contributed by atoms with Gasteiger partial charge in [-0.3, -0.25) is 4.79 Å². The topological polar surface area (TPSA) is 70.7 Å². The molecule has 166 valence electrons. The second-order valence-electron chi connectivity index (χ2n) is 6.86. The second-order valence-corrected chi connectivity index (χ2v) is 8.47. The van der Waals surface area contributed by atoms with Crippen molar-refractivity contribution < 1.29 is 9.18 Å². The molecule has 0 radical (unpaired) electrons. The Labute approximate surface area is 204 Å². The fourth-order valence-electron chi connectivity index (χ4n) is 3.13. The van der Waals surface area contributed by atoms with Crippen LogP contribution in [-0.4, -0.2) is 27.1 Å². The Morgan fingerprint density at radius 3 is 2.52 bits per heavy atom. The van der Waals surface area contributed by atoms with Gasteiger partial charge in [-0.2, -0.15) is 0 Å². The second kappa shape index (κ2) is 10.2. The maximum atomic E-state index is 13.4. The number of aromatic amines is 1. The molecule has 4 aromatic rings. The van der Waals surface area contributed by atoms with Crippen molar-refractivity contribution in [2.75, 3.05) is 11.6 Å². The molecule has 2 N–H and O–H groups in total. The lowest BCUT2D eigenvalue weighted by atomic mass is 10.1. The zero-order valence-corrected chi connectivity index (χ0v) is 19.6. The summed E-state index contributed by atoms with van der Waals surface area (Å²) < 4.78 is 13.4. The smallest absolute Gasteiger partial charge is 0.249 e. The lowest BCUT2D eigenvalue weighted by molar-refractivity contribution is -0.111. The van der Waals surface area contributed by atoms with Gasteiger partial charge >= 0.3 is 0 Å². The van der Waals surface area contributed by atoms with Gasteiger partial charge in [-0.15, -0.1) is 0 Å². The first-order chi connectivity index (χ1) is 15.9. The largest absolute Gasteiger partial charge is 0.332 e. The molecule has 0 spiro atoms. The first kappa shape index (κ1) is 23.0. The highest BCUT2D eigenvalue weighted by molar-refractivity contribution is 7.98. The molecule has 33 heavy (non-hydrogen) atoms. The summed E-state index contributed by atoms with van der Waals surface area (Å²) in [6.07, 6.45) is 6.38. The maximum Gasteiger partial charge on any atom is 0.249 e. The minimum atomic E-state index is -0.388. The highest BCUT2D eigenvalue weighted by Gasteiger charge is 2.15. The third-order valence-corrected chi connectivity index (χ3v) is 5.93. The van der Waals surface area contributed by atoms with Crippen LogP contribution in [0.2, 0.25) is 10.0 Å². The molecule has 0 aliphatic carbocycles. The molecule has 0 fully saturated rings. The van der Waals surface area contributed by atoms with Crippen LogP contribution >= 0.6 is 35.0 Å². The highest BCUT2D eigenvalue weighted by Crippen LogP contribution is 2.33. The minimum Gasteiger partial charge on any atom is -0.332 e. The van der Waals surface area contributed by atoms with Crippen LogP contribution in [0.3, 0.4) is 0 Å². The molecule has 2 heterocycles. The van der Waals surface area contributed by atoms with Gasteiger partial charge in [-0.1, -0.05) is 41.0 Å². The molecule has 0 aliphatic rings. The van der Waals surface area contributed by atoms with E-state index in [0.29, 0.717) is 32.3 Å². The van der Waals surface area contributed by atoms with E-state index in [-0.39, 0.29) is 11.7 Å². The molecular weight excluding hydrogens is 482 g/mol. The predicted molar refractivity (Wildman–Crippen MR) is 133 cm³/mol. The quantitative estimate of drug-likeness (QED) is 0.222. The monoisotopic (exact) mass is 498 g/mol. The number of carbonyl (C=O) groups is 1. The van der Waals surface area contributed by atoms with Crippen molar-refractivity contribution in [2.45, 2.75) is 5.16 Å². The number of H-pyrrole nitrogens is 1. The average molecular weight is 499 g/mol. The zero-order chi connectivity index (χ0) is 23.4. The normalized spacial score (nSPS) is 11.2. The fraction of sp³-hybridized carbons (Fsp3) is 0.0417. The SMILES string of the molecule is CSc1nc(-c2ccnc(NC(=O)/C=C/c3c(Cl)cccc3Cl)c2)c(-c2ccc(F)cc2)[nH]1. The number of nitrogens with one attached hydrogen (secondary N) is 2. The highest BCUT2D eigenvalue weighted by atomic mass is 35.5. The maximum absolute atomic E-state index is 13.4. The van der Waals surface area contributed by atoms with Crippen molar-refractivity contribution in [1.29, 1.82) is 0 Å². The Morgan fingerprint density at radius 2 is 1.82 bits per heavy atom. The van der Waals surface area contributed by atoms with Gasteiger partial charge in [0.05, 0.1) is 11.4 Å². The third-order valence-electron chi connectivity index (χ3n) is 4.69. The molecule has 9 heteroatoms. The Balaban J connectivity index is 1.60. The Hall–Kier alpha value is -3.13. The van der Waals surface area contributed by atoms with Crippen LogP contribution in [0.25, 0.3) is 28.6 Å². The first-order valence-corrected chi connectivity index (χ1v) is 11.7. The van der Waals surface area contributed by atoms with Gasteiger partial charge in [0.2, 0.25) is 5.91 Å². The minimum absolute atomic E-state index is 0.315. The number of aromatic nitrogens is 3. The number of anilines is 1. The summed E-state index contributed by atoms with van der Waals surface area (Å²) in [6.45, 7) is 0. The number of carbonyl (C=O) groups excluding carboxylic acids is 1. The lowest BCUT2D eigenvalue weighted by Gasteiger charge is -2.06. The molecule has 2 aromatic heterocycles. The van der Waals surface area contributed by atoms with Crippen molar-refractivity contribution in [3.8, 4) is 22.5 Å². The molecule has 0 bridgehead atoms. The Kier molecular flexibility index (Phi) is 7.13.